The van der Waals surface area contributed by atoms with Crippen LogP contribution in [0.1, 0.15) is 0 Å². The molecule has 5 nitrogen and oxygen atoms in total. The summed E-state index contributed by atoms with van der Waals surface area (Å²) in [6, 6.07) is 11.5. The summed E-state index contributed by atoms with van der Waals surface area (Å²) >= 11 is 0. The van der Waals surface area contributed by atoms with Gasteiger partial charge in [-0.1, -0.05) is 23.4 Å². The molecule has 0 aliphatic heterocycles. The highest BCUT2D eigenvalue weighted by Gasteiger charge is 2.05. The number of benzene rings is 2. The Labute approximate surface area is 102 Å². The highest BCUT2D eigenvalue weighted by molar-refractivity contribution is 5.87. The number of H-pyrrole nitrogens is 1. The van der Waals surface area contributed by atoms with Gasteiger partial charge in [0.15, 0.2) is 5.82 Å². The lowest BCUT2D eigenvalue weighted by Gasteiger charge is -2.03. The molecule has 0 spiro atoms. The van der Waals surface area contributed by atoms with E-state index < -0.39 is 5.76 Å². The average Bonchev–Trinajstić information content (AvgIpc) is 2.84. The average molecular weight is 242 g/mol. The van der Waals surface area contributed by atoms with Crippen molar-refractivity contribution >= 4 is 10.8 Å². The lowest BCUT2D eigenvalue weighted by molar-refractivity contribution is 0.388. The number of hydrogen-bond donors (Lipinski definition) is 1. The Hall–Kier alpha value is -2.56. The fourth-order valence-corrected chi connectivity index (χ4v) is 1.85. The van der Waals surface area contributed by atoms with E-state index in [1.807, 2.05) is 36.4 Å². The Bertz CT molecular complexity index is 758. The first-order chi connectivity index (χ1) is 8.76. The number of aromatic nitrogens is 2. The molecule has 0 amide bonds. The summed E-state index contributed by atoms with van der Waals surface area (Å²) < 4.78 is 9.65. The lowest BCUT2D eigenvalue weighted by atomic mass is 10.1. The van der Waals surface area contributed by atoms with Crippen molar-refractivity contribution in [2.75, 3.05) is 7.11 Å². The minimum absolute atomic E-state index is 0.428. The van der Waals surface area contributed by atoms with Crippen LogP contribution in [-0.4, -0.2) is 17.3 Å². The molecule has 0 fully saturated rings. The van der Waals surface area contributed by atoms with Crippen LogP contribution in [0.5, 0.6) is 5.75 Å². The van der Waals surface area contributed by atoms with Gasteiger partial charge in [0.2, 0.25) is 0 Å². The number of fused-ring (bicyclic) bond motifs is 1. The van der Waals surface area contributed by atoms with Crippen molar-refractivity contribution < 1.29 is 9.26 Å². The first-order valence-corrected chi connectivity index (χ1v) is 5.40. The lowest BCUT2D eigenvalue weighted by Crippen LogP contribution is -1.94. The molecule has 3 aromatic rings. The molecule has 0 bridgehead atoms. The Balaban J connectivity index is 2.14. The van der Waals surface area contributed by atoms with Gasteiger partial charge in [-0.25, -0.2) is 4.79 Å². The molecule has 1 heterocycles. The molecule has 18 heavy (non-hydrogen) atoms. The second-order valence-corrected chi connectivity index (χ2v) is 3.87. The van der Waals surface area contributed by atoms with E-state index in [4.69, 9.17) is 4.74 Å². The highest BCUT2D eigenvalue weighted by atomic mass is 16.5. The van der Waals surface area contributed by atoms with Crippen LogP contribution in [0.25, 0.3) is 22.2 Å². The molecule has 0 radical (unpaired) electrons. The van der Waals surface area contributed by atoms with Gasteiger partial charge in [0.1, 0.15) is 5.75 Å². The molecule has 1 aromatic heterocycles. The maximum absolute atomic E-state index is 10.9. The van der Waals surface area contributed by atoms with Gasteiger partial charge in [-0.2, -0.15) is 0 Å². The molecule has 5 heteroatoms. The first kappa shape index (κ1) is 10.6. The van der Waals surface area contributed by atoms with Gasteiger partial charge in [-0.3, -0.25) is 9.51 Å². The number of aromatic amines is 1. The van der Waals surface area contributed by atoms with Gasteiger partial charge < -0.3 is 4.74 Å². The molecule has 2 aromatic carbocycles. The summed E-state index contributed by atoms with van der Waals surface area (Å²) in [4.78, 5) is 13.4. The molecule has 0 aliphatic carbocycles. The molecule has 0 atom stereocenters. The smallest absolute Gasteiger partial charge is 0.439 e. The van der Waals surface area contributed by atoms with Crippen molar-refractivity contribution in [1.29, 1.82) is 0 Å². The molecule has 1 N–H and O–H groups in total. The second kappa shape index (κ2) is 4.03. The van der Waals surface area contributed by atoms with Gasteiger partial charge in [0, 0.05) is 5.56 Å². The van der Waals surface area contributed by atoms with Gasteiger partial charge in [0.25, 0.3) is 0 Å². The Kier molecular flexibility index (Phi) is 2.37. The van der Waals surface area contributed by atoms with E-state index >= 15 is 0 Å². The van der Waals surface area contributed by atoms with Crippen molar-refractivity contribution in [3.8, 4) is 17.1 Å². The molecule has 0 saturated heterocycles. The fourth-order valence-electron chi connectivity index (χ4n) is 1.85. The Morgan fingerprint density at radius 1 is 1.17 bits per heavy atom. The SMILES string of the molecule is COc1ccc2cc(-c3noc(=O)[nH]3)ccc2c1. The maximum atomic E-state index is 10.9. The van der Waals surface area contributed by atoms with E-state index in [0.29, 0.717) is 5.82 Å². The quantitative estimate of drug-likeness (QED) is 0.747. The van der Waals surface area contributed by atoms with Crippen LogP contribution in [0.15, 0.2) is 45.7 Å². The summed E-state index contributed by atoms with van der Waals surface area (Å²) in [5.74, 6) is 0.683. The Morgan fingerprint density at radius 2 is 1.94 bits per heavy atom. The predicted molar refractivity (Wildman–Crippen MR) is 66.6 cm³/mol. The summed E-state index contributed by atoms with van der Waals surface area (Å²) in [6.45, 7) is 0. The van der Waals surface area contributed by atoms with E-state index in [0.717, 1.165) is 22.1 Å². The molecular formula is C13H10N2O3. The van der Waals surface area contributed by atoms with E-state index in [9.17, 15) is 4.79 Å². The monoisotopic (exact) mass is 242 g/mol. The van der Waals surface area contributed by atoms with Crippen LogP contribution in [0.4, 0.5) is 0 Å². The first-order valence-electron chi connectivity index (χ1n) is 5.40. The summed E-state index contributed by atoms with van der Waals surface area (Å²) in [7, 11) is 1.63. The van der Waals surface area contributed by atoms with Crippen molar-refractivity contribution in [3.63, 3.8) is 0 Å². The van der Waals surface area contributed by atoms with E-state index in [2.05, 4.69) is 14.7 Å². The van der Waals surface area contributed by atoms with Crippen LogP contribution in [0, 0.1) is 0 Å². The minimum atomic E-state index is -0.556. The van der Waals surface area contributed by atoms with Crippen LogP contribution < -0.4 is 10.5 Å². The fraction of sp³-hybridized carbons (Fsp3) is 0.0769. The number of nitrogens with zero attached hydrogens (tertiary/aromatic N) is 1. The zero-order chi connectivity index (χ0) is 12.5. The number of rotatable bonds is 2. The molecular weight excluding hydrogens is 232 g/mol. The number of methoxy groups -OCH3 is 1. The number of nitrogens with one attached hydrogen (secondary N) is 1. The largest absolute Gasteiger partial charge is 0.497 e. The summed E-state index contributed by atoms with van der Waals surface area (Å²) in [5, 5.41) is 5.76. The third-order valence-electron chi connectivity index (χ3n) is 2.76. The van der Waals surface area contributed by atoms with Gasteiger partial charge >= 0.3 is 5.76 Å². The van der Waals surface area contributed by atoms with Crippen LogP contribution in [0.3, 0.4) is 0 Å². The summed E-state index contributed by atoms with van der Waals surface area (Å²) in [6.07, 6.45) is 0. The maximum Gasteiger partial charge on any atom is 0.439 e. The van der Waals surface area contributed by atoms with Crippen LogP contribution in [-0.2, 0) is 0 Å². The molecule has 0 aliphatic rings. The predicted octanol–water partition coefficient (Wildman–Crippen LogP) is 2.19. The zero-order valence-electron chi connectivity index (χ0n) is 9.64. The third-order valence-corrected chi connectivity index (χ3v) is 2.76. The van der Waals surface area contributed by atoms with Crippen LogP contribution >= 0.6 is 0 Å². The molecule has 3 rings (SSSR count). The molecule has 0 saturated carbocycles. The molecule has 0 unspecified atom stereocenters. The number of ether oxygens (including phenoxy) is 1. The van der Waals surface area contributed by atoms with Crippen molar-refractivity contribution in [2.24, 2.45) is 0 Å². The van der Waals surface area contributed by atoms with Crippen LogP contribution in [0.2, 0.25) is 0 Å². The van der Waals surface area contributed by atoms with Gasteiger partial charge in [-0.15, -0.1) is 0 Å². The van der Waals surface area contributed by atoms with E-state index in [1.54, 1.807) is 7.11 Å². The van der Waals surface area contributed by atoms with Gasteiger partial charge in [-0.05, 0) is 29.0 Å². The normalized spacial score (nSPS) is 10.7. The Morgan fingerprint density at radius 3 is 2.67 bits per heavy atom. The minimum Gasteiger partial charge on any atom is -0.497 e. The van der Waals surface area contributed by atoms with Crippen molar-refractivity contribution in [1.82, 2.24) is 10.1 Å². The van der Waals surface area contributed by atoms with Gasteiger partial charge in [0.05, 0.1) is 7.11 Å². The third kappa shape index (κ3) is 1.75. The summed E-state index contributed by atoms with van der Waals surface area (Å²) in [5.41, 5.74) is 0.804. The zero-order valence-corrected chi connectivity index (χ0v) is 9.64. The van der Waals surface area contributed by atoms with Crippen molar-refractivity contribution in [2.45, 2.75) is 0 Å². The van der Waals surface area contributed by atoms with E-state index in [1.165, 1.54) is 0 Å². The number of hydrogen-bond acceptors (Lipinski definition) is 4. The highest BCUT2D eigenvalue weighted by Crippen LogP contribution is 2.24. The second-order valence-electron chi connectivity index (χ2n) is 3.87. The topological polar surface area (TPSA) is 68.1 Å². The standard InChI is InChI=1S/C13H10N2O3/c1-17-11-5-4-8-6-10(3-2-9(8)7-11)12-14-13(16)18-15-12/h2-7H,1H3,(H,14,15,16). The van der Waals surface area contributed by atoms with E-state index in [-0.39, 0.29) is 0 Å². The van der Waals surface area contributed by atoms with Crippen molar-refractivity contribution in [3.05, 3.63) is 46.9 Å². The molecule has 90 valence electrons.